The van der Waals surface area contributed by atoms with E-state index < -0.39 is 17.7 Å². The number of carbonyl (C=O) groups excluding carboxylic acids is 1. The van der Waals surface area contributed by atoms with Gasteiger partial charge < -0.3 is 10.4 Å². The lowest BCUT2D eigenvalue weighted by molar-refractivity contribution is -0.137. The van der Waals surface area contributed by atoms with E-state index in [-0.39, 0.29) is 18.7 Å². The summed E-state index contributed by atoms with van der Waals surface area (Å²) in [7, 11) is 0. The van der Waals surface area contributed by atoms with Crippen molar-refractivity contribution in [3.05, 3.63) is 47.5 Å². The molecule has 2 N–H and O–H groups in total. The van der Waals surface area contributed by atoms with E-state index in [1.54, 1.807) is 0 Å². The summed E-state index contributed by atoms with van der Waals surface area (Å²) < 4.78 is 14.1. The first-order valence-electron chi connectivity index (χ1n) is 5.69. The van der Waals surface area contributed by atoms with Crippen molar-refractivity contribution >= 4 is 11.9 Å². The zero-order chi connectivity index (χ0) is 14.5. The maximum absolute atomic E-state index is 13.0. The molecule has 20 heavy (non-hydrogen) atoms. The lowest BCUT2D eigenvalue weighted by Gasteiger charge is -2.02. The number of nitrogens with one attached hydrogen (secondary N) is 1. The highest BCUT2D eigenvalue weighted by molar-refractivity contribution is 5.94. The number of nitrogens with zero attached hydrogens (tertiary/aromatic N) is 3. The third-order valence-corrected chi connectivity index (χ3v) is 2.40. The van der Waals surface area contributed by atoms with Gasteiger partial charge in [0.15, 0.2) is 0 Å². The van der Waals surface area contributed by atoms with Gasteiger partial charge in [-0.2, -0.15) is 0 Å². The Kier molecular flexibility index (Phi) is 4.04. The summed E-state index contributed by atoms with van der Waals surface area (Å²) in [6.45, 7) is -0.222. The number of aliphatic carboxylic acids is 1. The van der Waals surface area contributed by atoms with Gasteiger partial charge in [0.2, 0.25) is 0 Å². The molecule has 0 spiro atoms. The highest BCUT2D eigenvalue weighted by atomic mass is 19.1. The first-order valence-corrected chi connectivity index (χ1v) is 5.69. The minimum atomic E-state index is -1.04. The van der Waals surface area contributed by atoms with Crippen molar-refractivity contribution in [3.8, 4) is 0 Å². The highest BCUT2D eigenvalue weighted by Crippen LogP contribution is 2.03. The molecule has 0 bridgehead atoms. The number of carboxylic acids is 1. The summed E-state index contributed by atoms with van der Waals surface area (Å²) in [5, 5.41) is 18.4. The molecular weight excluding hydrogens is 267 g/mol. The van der Waals surface area contributed by atoms with Crippen LogP contribution in [0.1, 0.15) is 16.1 Å². The van der Waals surface area contributed by atoms with Gasteiger partial charge in [0.05, 0.1) is 12.7 Å². The average Bonchev–Trinajstić information content (AvgIpc) is 2.82. The van der Waals surface area contributed by atoms with Crippen molar-refractivity contribution in [2.75, 3.05) is 0 Å². The Hall–Kier alpha value is -2.77. The molecule has 8 heteroatoms. The van der Waals surface area contributed by atoms with Gasteiger partial charge in [0.1, 0.15) is 18.1 Å². The second kappa shape index (κ2) is 5.91. The zero-order valence-electron chi connectivity index (χ0n) is 10.3. The monoisotopic (exact) mass is 278 g/mol. The molecule has 0 saturated carbocycles. The third-order valence-electron chi connectivity index (χ3n) is 2.40. The molecule has 1 amide bonds. The molecule has 2 aromatic rings. The van der Waals surface area contributed by atoms with Gasteiger partial charge in [0, 0.05) is 5.56 Å². The fourth-order valence-corrected chi connectivity index (χ4v) is 1.54. The Morgan fingerprint density at radius 1 is 1.40 bits per heavy atom. The fraction of sp³-hybridized carbons (Fsp3) is 0.167. The summed E-state index contributed by atoms with van der Waals surface area (Å²) in [6, 6.07) is 5.29. The number of carboxylic acid groups (broad SMARTS) is 1. The van der Waals surface area contributed by atoms with Crippen LogP contribution in [0.15, 0.2) is 30.5 Å². The molecule has 0 radical (unpaired) electrons. The third kappa shape index (κ3) is 3.61. The van der Waals surface area contributed by atoms with Crippen LogP contribution in [0, 0.1) is 5.82 Å². The number of carbonyl (C=O) groups is 2. The number of rotatable bonds is 5. The molecule has 0 aliphatic carbocycles. The minimum Gasteiger partial charge on any atom is -0.480 e. The maximum atomic E-state index is 13.0. The fourth-order valence-electron chi connectivity index (χ4n) is 1.54. The Balaban J connectivity index is 1.93. The van der Waals surface area contributed by atoms with Gasteiger partial charge in [0.25, 0.3) is 5.91 Å². The van der Waals surface area contributed by atoms with E-state index in [0.717, 1.165) is 10.7 Å². The molecule has 0 saturated heterocycles. The van der Waals surface area contributed by atoms with Crippen LogP contribution in [0.2, 0.25) is 0 Å². The number of amides is 1. The Labute approximate surface area is 113 Å². The summed E-state index contributed by atoms with van der Waals surface area (Å²) >= 11 is 0. The number of halogens is 1. The van der Waals surface area contributed by atoms with Crippen molar-refractivity contribution < 1.29 is 19.1 Å². The van der Waals surface area contributed by atoms with E-state index in [1.165, 1.54) is 24.4 Å². The molecule has 0 aliphatic rings. The minimum absolute atomic E-state index is 0.0783. The summed E-state index contributed by atoms with van der Waals surface area (Å²) in [5.41, 5.74) is 0.610. The molecule has 0 atom stereocenters. The van der Waals surface area contributed by atoms with Gasteiger partial charge in [-0.05, 0) is 18.2 Å². The molecule has 104 valence electrons. The van der Waals surface area contributed by atoms with Crippen LogP contribution in [-0.2, 0) is 17.9 Å². The van der Waals surface area contributed by atoms with E-state index in [4.69, 9.17) is 5.11 Å². The molecule has 0 aliphatic heterocycles. The number of benzene rings is 1. The highest BCUT2D eigenvalue weighted by Gasteiger charge is 2.08. The maximum Gasteiger partial charge on any atom is 0.325 e. The second-order valence-corrected chi connectivity index (χ2v) is 3.99. The van der Waals surface area contributed by atoms with Crippen molar-refractivity contribution in [3.63, 3.8) is 0 Å². The number of hydrogen-bond donors (Lipinski definition) is 2. The topological polar surface area (TPSA) is 97.1 Å². The van der Waals surface area contributed by atoms with E-state index >= 15 is 0 Å². The van der Waals surface area contributed by atoms with Gasteiger partial charge in [-0.3, -0.25) is 9.59 Å². The van der Waals surface area contributed by atoms with Crippen LogP contribution in [0.5, 0.6) is 0 Å². The SMILES string of the molecule is O=C(O)Cn1cc(CNC(=O)c2cccc(F)c2)nn1. The zero-order valence-corrected chi connectivity index (χ0v) is 10.3. The van der Waals surface area contributed by atoms with Gasteiger partial charge in [-0.1, -0.05) is 11.3 Å². The summed E-state index contributed by atoms with van der Waals surface area (Å²) in [5.74, 6) is -1.98. The van der Waals surface area contributed by atoms with Crippen LogP contribution >= 0.6 is 0 Å². The molecule has 1 aromatic carbocycles. The van der Waals surface area contributed by atoms with Crippen molar-refractivity contribution in [2.45, 2.75) is 13.1 Å². The van der Waals surface area contributed by atoms with Gasteiger partial charge in [-0.15, -0.1) is 5.10 Å². The van der Waals surface area contributed by atoms with Crippen LogP contribution in [0.25, 0.3) is 0 Å². The lowest BCUT2D eigenvalue weighted by Crippen LogP contribution is -2.23. The lowest BCUT2D eigenvalue weighted by atomic mass is 10.2. The van der Waals surface area contributed by atoms with Crippen LogP contribution < -0.4 is 5.32 Å². The van der Waals surface area contributed by atoms with Crippen molar-refractivity contribution in [1.29, 1.82) is 0 Å². The molecule has 2 rings (SSSR count). The number of aromatic nitrogens is 3. The predicted molar refractivity (Wildman–Crippen MR) is 65.2 cm³/mol. The molecule has 1 aromatic heterocycles. The second-order valence-electron chi connectivity index (χ2n) is 3.99. The first kappa shape index (κ1) is 13.7. The van der Waals surface area contributed by atoms with Crippen LogP contribution in [0.4, 0.5) is 4.39 Å². The van der Waals surface area contributed by atoms with Crippen molar-refractivity contribution in [1.82, 2.24) is 20.3 Å². The predicted octanol–water partition coefficient (Wildman–Crippen LogP) is 0.432. The average molecular weight is 278 g/mol. The van der Waals surface area contributed by atoms with E-state index in [1.807, 2.05) is 0 Å². The Morgan fingerprint density at radius 3 is 2.90 bits per heavy atom. The largest absolute Gasteiger partial charge is 0.480 e. The smallest absolute Gasteiger partial charge is 0.325 e. The summed E-state index contributed by atoms with van der Waals surface area (Å²) in [6.07, 6.45) is 1.42. The van der Waals surface area contributed by atoms with Gasteiger partial charge >= 0.3 is 5.97 Å². The van der Waals surface area contributed by atoms with Crippen LogP contribution in [0.3, 0.4) is 0 Å². The quantitative estimate of drug-likeness (QED) is 0.826. The molecule has 0 unspecified atom stereocenters. The normalized spacial score (nSPS) is 10.2. The van der Waals surface area contributed by atoms with E-state index in [0.29, 0.717) is 5.69 Å². The van der Waals surface area contributed by atoms with E-state index in [9.17, 15) is 14.0 Å². The van der Waals surface area contributed by atoms with Crippen LogP contribution in [-0.4, -0.2) is 32.0 Å². The number of hydrogen-bond acceptors (Lipinski definition) is 4. The van der Waals surface area contributed by atoms with Crippen molar-refractivity contribution in [2.24, 2.45) is 0 Å². The van der Waals surface area contributed by atoms with E-state index in [2.05, 4.69) is 15.6 Å². The Bertz CT molecular complexity index is 641. The Morgan fingerprint density at radius 2 is 2.20 bits per heavy atom. The molecular formula is C12H11FN4O3. The molecule has 1 heterocycles. The standard InChI is InChI=1S/C12H11FN4O3/c13-9-3-1-2-8(4-9)12(20)14-5-10-6-17(16-15-10)7-11(18)19/h1-4,6H,5,7H2,(H,14,20)(H,18,19). The summed E-state index contributed by atoms with van der Waals surface area (Å²) in [4.78, 5) is 22.2. The molecule has 0 fully saturated rings. The first-order chi connectivity index (χ1) is 9.54. The molecule has 7 nitrogen and oxygen atoms in total. The van der Waals surface area contributed by atoms with Gasteiger partial charge in [-0.25, -0.2) is 9.07 Å².